The standard InChI is InChI=1S/C26H26N2O2S/c29-25(20-8-3-1-4-9-20)19-31-24-11-7-10-21(18-24)26(30)27-22-12-14-23(15-13-22)28-16-5-2-6-17-28/h1,3-4,7-15,18H,2,5-6,16-17,19H2,(H,27,30). The number of carbonyl (C=O) groups is 2. The summed E-state index contributed by atoms with van der Waals surface area (Å²) in [5, 5.41) is 2.97. The molecule has 4 nitrogen and oxygen atoms in total. The maximum atomic E-state index is 12.7. The summed E-state index contributed by atoms with van der Waals surface area (Å²) in [6.07, 6.45) is 3.79. The van der Waals surface area contributed by atoms with Gasteiger partial charge in [-0.15, -0.1) is 11.8 Å². The lowest BCUT2D eigenvalue weighted by molar-refractivity contribution is 0.101. The van der Waals surface area contributed by atoms with Crippen molar-refractivity contribution in [3.63, 3.8) is 0 Å². The number of amides is 1. The van der Waals surface area contributed by atoms with E-state index in [1.54, 1.807) is 6.07 Å². The molecule has 3 aromatic rings. The van der Waals surface area contributed by atoms with Crippen molar-refractivity contribution in [3.8, 4) is 0 Å². The molecule has 158 valence electrons. The Hall–Kier alpha value is -3.05. The molecular formula is C26H26N2O2S. The Morgan fingerprint density at radius 3 is 2.26 bits per heavy atom. The molecule has 0 bridgehead atoms. The molecule has 1 fully saturated rings. The number of hydrogen-bond acceptors (Lipinski definition) is 4. The van der Waals surface area contributed by atoms with Gasteiger partial charge in [-0.25, -0.2) is 0 Å². The quantitative estimate of drug-likeness (QED) is 0.374. The van der Waals surface area contributed by atoms with Crippen LogP contribution in [0.2, 0.25) is 0 Å². The van der Waals surface area contributed by atoms with Gasteiger partial charge in [0.25, 0.3) is 5.91 Å². The van der Waals surface area contributed by atoms with Gasteiger partial charge in [0, 0.05) is 40.5 Å². The Labute approximate surface area is 187 Å². The highest BCUT2D eigenvalue weighted by Crippen LogP contribution is 2.23. The number of anilines is 2. The first-order valence-corrected chi connectivity index (χ1v) is 11.6. The zero-order valence-electron chi connectivity index (χ0n) is 17.4. The fourth-order valence-corrected chi connectivity index (χ4v) is 4.54. The fourth-order valence-electron chi connectivity index (χ4n) is 3.69. The molecule has 1 heterocycles. The van der Waals surface area contributed by atoms with Gasteiger partial charge in [-0.3, -0.25) is 9.59 Å². The van der Waals surface area contributed by atoms with E-state index in [0.717, 1.165) is 23.7 Å². The molecule has 0 aliphatic carbocycles. The van der Waals surface area contributed by atoms with E-state index in [4.69, 9.17) is 0 Å². The minimum atomic E-state index is -0.150. The molecule has 0 unspecified atom stereocenters. The van der Waals surface area contributed by atoms with E-state index in [1.165, 1.54) is 36.7 Å². The minimum absolute atomic E-state index is 0.0780. The monoisotopic (exact) mass is 430 g/mol. The van der Waals surface area contributed by atoms with E-state index in [2.05, 4.69) is 22.3 Å². The Morgan fingerprint density at radius 1 is 0.806 bits per heavy atom. The first-order valence-electron chi connectivity index (χ1n) is 10.7. The first-order chi connectivity index (χ1) is 15.2. The van der Waals surface area contributed by atoms with Gasteiger partial charge in [0.2, 0.25) is 0 Å². The molecule has 0 aromatic heterocycles. The maximum absolute atomic E-state index is 12.7. The van der Waals surface area contributed by atoms with Crippen LogP contribution in [0, 0.1) is 0 Å². The zero-order chi connectivity index (χ0) is 21.5. The highest BCUT2D eigenvalue weighted by atomic mass is 32.2. The predicted octanol–water partition coefficient (Wildman–Crippen LogP) is 5.90. The smallest absolute Gasteiger partial charge is 0.255 e. The van der Waals surface area contributed by atoms with E-state index < -0.39 is 0 Å². The zero-order valence-corrected chi connectivity index (χ0v) is 18.2. The van der Waals surface area contributed by atoms with Crippen molar-refractivity contribution in [2.45, 2.75) is 24.2 Å². The Bertz CT molecular complexity index is 1030. The summed E-state index contributed by atoms with van der Waals surface area (Å²) >= 11 is 1.44. The van der Waals surface area contributed by atoms with E-state index in [1.807, 2.05) is 60.7 Å². The second-order valence-electron chi connectivity index (χ2n) is 7.65. The van der Waals surface area contributed by atoms with Crippen LogP contribution in [-0.4, -0.2) is 30.5 Å². The second-order valence-corrected chi connectivity index (χ2v) is 8.70. The van der Waals surface area contributed by atoms with Crippen LogP contribution < -0.4 is 10.2 Å². The van der Waals surface area contributed by atoms with Crippen molar-refractivity contribution in [2.24, 2.45) is 0 Å². The number of rotatable bonds is 7. The summed E-state index contributed by atoms with van der Waals surface area (Å²) in [4.78, 5) is 28.3. The molecule has 0 atom stereocenters. The molecule has 3 aromatic carbocycles. The number of nitrogens with zero attached hydrogens (tertiary/aromatic N) is 1. The van der Waals surface area contributed by atoms with Crippen molar-refractivity contribution < 1.29 is 9.59 Å². The molecule has 0 spiro atoms. The lowest BCUT2D eigenvalue weighted by atomic mass is 10.1. The van der Waals surface area contributed by atoms with Crippen LogP contribution >= 0.6 is 11.8 Å². The van der Waals surface area contributed by atoms with E-state index >= 15 is 0 Å². The van der Waals surface area contributed by atoms with Crippen LogP contribution in [0.15, 0.2) is 83.8 Å². The third kappa shape index (κ3) is 5.76. The lowest BCUT2D eigenvalue weighted by Crippen LogP contribution is -2.29. The van der Waals surface area contributed by atoms with Gasteiger partial charge in [0.05, 0.1) is 5.75 Å². The van der Waals surface area contributed by atoms with Gasteiger partial charge in [0.1, 0.15) is 0 Å². The van der Waals surface area contributed by atoms with Crippen LogP contribution in [-0.2, 0) is 0 Å². The number of piperidine rings is 1. The summed E-state index contributed by atoms with van der Waals surface area (Å²) in [6, 6.07) is 24.7. The number of nitrogens with one attached hydrogen (secondary N) is 1. The largest absolute Gasteiger partial charge is 0.372 e. The third-order valence-electron chi connectivity index (χ3n) is 5.41. The highest BCUT2D eigenvalue weighted by Gasteiger charge is 2.12. The van der Waals surface area contributed by atoms with Crippen molar-refractivity contribution in [1.82, 2.24) is 0 Å². The van der Waals surface area contributed by atoms with Gasteiger partial charge < -0.3 is 10.2 Å². The molecule has 1 aliphatic rings. The first kappa shape index (κ1) is 21.2. The molecular weight excluding hydrogens is 404 g/mol. The summed E-state index contributed by atoms with van der Waals surface area (Å²) in [7, 11) is 0. The summed E-state index contributed by atoms with van der Waals surface area (Å²) < 4.78 is 0. The average Bonchev–Trinajstić information content (AvgIpc) is 2.84. The molecule has 31 heavy (non-hydrogen) atoms. The summed E-state index contributed by atoms with van der Waals surface area (Å²) in [5.74, 6) is 0.268. The number of ketones is 1. The molecule has 0 radical (unpaired) electrons. The number of hydrogen-bond donors (Lipinski definition) is 1. The molecule has 0 saturated carbocycles. The van der Waals surface area contributed by atoms with Gasteiger partial charge in [-0.2, -0.15) is 0 Å². The normalized spacial score (nSPS) is 13.6. The van der Waals surface area contributed by atoms with Gasteiger partial charge in [-0.05, 0) is 61.7 Å². The molecule has 1 N–H and O–H groups in total. The van der Waals surface area contributed by atoms with Crippen LogP contribution in [0.5, 0.6) is 0 Å². The van der Waals surface area contributed by atoms with Crippen molar-refractivity contribution in [3.05, 3.63) is 90.0 Å². The van der Waals surface area contributed by atoms with Crippen LogP contribution in [0.4, 0.5) is 11.4 Å². The van der Waals surface area contributed by atoms with Gasteiger partial charge in [-0.1, -0.05) is 36.4 Å². The number of Topliss-reactive ketones (excluding diaryl/α,β-unsaturated/α-hetero) is 1. The van der Waals surface area contributed by atoms with Crippen LogP contribution in [0.25, 0.3) is 0 Å². The van der Waals surface area contributed by atoms with Crippen LogP contribution in [0.1, 0.15) is 40.0 Å². The van der Waals surface area contributed by atoms with E-state index in [0.29, 0.717) is 16.9 Å². The number of benzene rings is 3. The van der Waals surface area contributed by atoms with Crippen molar-refractivity contribution in [1.29, 1.82) is 0 Å². The fraction of sp³-hybridized carbons (Fsp3) is 0.231. The predicted molar refractivity (Wildman–Crippen MR) is 128 cm³/mol. The van der Waals surface area contributed by atoms with Crippen LogP contribution in [0.3, 0.4) is 0 Å². The topological polar surface area (TPSA) is 49.4 Å². The number of thioether (sulfide) groups is 1. The van der Waals surface area contributed by atoms with Crippen molar-refractivity contribution in [2.75, 3.05) is 29.1 Å². The molecule has 4 rings (SSSR count). The summed E-state index contributed by atoms with van der Waals surface area (Å²) in [5.41, 5.74) is 3.27. The molecule has 1 saturated heterocycles. The summed E-state index contributed by atoms with van der Waals surface area (Å²) in [6.45, 7) is 2.20. The average molecular weight is 431 g/mol. The second kappa shape index (κ2) is 10.3. The Balaban J connectivity index is 1.35. The van der Waals surface area contributed by atoms with Gasteiger partial charge in [0.15, 0.2) is 5.78 Å². The van der Waals surface area contributed by atoms with Crippen molar-refractivity contribution >= 4 is 34.8 Å². The highest BCUT2D eigenvalue weighted by molar-refractivity contribution is 8.00. The maximum Gasteiger partial charge on any atom is 0.255 e. The Kier molecular flexibility index (Phi) is 7.05. The number of carbonyl (C=O) groups excluding carboxylic acids is 2. The van der Waals surface area contributed by atoms with Gasteiger partial charge >= 0.3 is 0 Å². The van der Waals surface area contributed by atoms with E-state index in [-0.39, 0.29) is 11.7 Å². The molecule has 1 amide bonds. The SMILES string of the molecule is O=C(CSc1cccc(C(=O)Nc2ccc(N3CCCCC3)cc2)c1)c1ccccc1. The molecule has 5 heteroatoms. The Morgan fingerprint density at radius 2 is 1.52 bits per heavy atom. The lowest BCUT2D eigenvalue weighted by Gasteiger charge is -2.28. The minimum Gasteiger partial charge on any atom is -0.372 e. The van der Waals surface area contributed by atoms with E-state index in [9.17, 15) is 9.59 Å². The third-order valence-corrected chi connectivity index (χ3v) is 6.40. The molecule has 1 aliphatic heterocycles.